The van der Waals surface area contributed by atoms with Crippen LogP contribution in [0.1, 0.15) is 29.8 Å². The van der Waals surface area contributed by atoms with Crippen LogP contribution in [-0.2, 0) is 21.1 Å². The number of H-pyrrole nitrogens is 1. The molecule has 1 aliphatic rings. The molecule has 0 aliphatic carbocycles. The molecule has 0 saturated carbocycles. The SMILES string of the molecule is Cc1n[nH]c(C)c1CCC(=O)NC1CCS(=O)(=O)C1. The molecular weight excluding hydrogens is 266 g/mol. The Morgan fingerprint density at radius 1 is 1.47 bits per heavy atom. The van der Waals surface area contributed by atoms with E-state index in [2.05, 4.69) is 15.5 Å². The van der Waals surface area contributed by atoms with E-state index in [1.54, 1.807) is 0 Å². The highest BCUT2D eigenvalue weighted by molar-refractivity contribution is 7.91. The van der Waals surface area contributed by atoms with Gasteiger partial charge in [-0.05, 0) is 32.3 Å². The van der Waals surface area contributed by atoms with Crippen LogP contribution in [-0.4, -0.2) is 42.1 Å². The van der Waals surface area contributed by atoms with Crippen molar-refractivity contribution in [2.75, 3.05) is 11.5 Å². The number of nitrogens with one attached hydrogen (secondary N) is 2. The van der Waals surface area contributed by atoms with Crippen molar-refractivity contribution in [1.82, 2.24) is 15.5 Å². The lowest BCUT2D eigenvalue weighted by Crippen LogP contribution is -2.35. The molecule has 0 spiro atoms. The fourth-order valence-electron chi connectivity index (χ4n) is 2.39. The molecular formula is C12H19N3O3S. The van der Waals surface area contributed by atoms with Crippen LogP contribution in [0.5, 0.6) is 0 Å². The molecule has 106 valence electrons. The minimum atomic E-state index is -2.94. The first kappa shape index (κ1) is 14.0. The zero-order valence-corrected chi connectivity index (χ0v) is 12.0. The fourth-order valence-corrected chi connectivity index (χ4v) is 4.06. The summed E-state index contributed by atoms with van der Waals surface area (Å²) in [4.78, 5) is 11.8. The normalized spacial score (nSPS) is 21.5. The molecule has 0 radical (unpaired) electrons. The van der Waals surface area contributed by atoms with Gasteiger partial charge in [0.05, 0.1) is 17.2 Å². The van der Waals surface area contributed by atoms with Gasteiger partial charge in [-0.1, -0.05) is 0 Å². The van der Waals surface area contributed by atoms with E-state index in [4.69, 9.17) is 0 Å². The van der Waals surface area contributed by atoms with E-state index in [0.717, 1.165) is 17.0 Å². The second-order valence-electron chi connectivity index (χ2n) is 5.08. The van der Waals surface area contributed by atoms with Crippen molar-refractivity contribution in [2.45, 2.75) is 39.2 Å². The highest BCUT2D eigenvalue weighted by atomic mass is 32.2. The van der Waals surface area contributed by atoms with Crippen LogP contribution in [0.25, 0.3) is 0 Å². The fraction of sp³-hybridized carbons (Fsp3) is 0.667. The lowest BCUT2D eigenvalue weighted by atomic mass is 10.1. The molecule has 1 aromatic heterocycles. The van der Waals surface area contributed by atoms with Crippen molar-refractivity contribution in [3.63, 3.8) is 0 Å². The number of nitrogens with zero attached hydrogens (tertiary/aromatic N) is 1. The Kier molecular flexibility index (Phi) is 3.93. The summed E-state index contributed by atoms with van der Waals surface area (Å²) in [6.07, 6.45) is 1.51. The van der Waals surface area contributed by atoms with Gasteiger partial charge < -0.3 is 5.32 Å². The molecule has 1 atom stereocenters. The number of rotatable bonds is 4. The van der Waals surface area contributed by atoms with Gasteiger partial charge in [-0.15, -0.1) is 0 Å². The number of sulfone groups is 1. The second kappa shape index (κ2) is 5.32. The average molecular weight is 285 g/mol. The molecule has 1 aliphatic heterocycles. The van der Waals surface area contributed by atoms with Gasteiger partial charge >= 0.3 is 0 Å². The zero-order chi connectivity index (χ0) is 14.0. The summed E-state index contributed by atoms with van der Waals surface area (Å²) in [6, 6.07) is -0.218. The van der Waals surface area contributed by atoms with E-state index in [0.29, 0.717) is 19.3 Å². The maximum absolute atomic E-state index is 11.8. The Bertz CT molecular complexity index is 558. The van der Waals surface area contributed by atoms with Crippen molar-refractivity contribution in [2.24, 2.45) is 0 Å². The van der Waals surface area contributed by atoms with Gasteiger partial charge in [0.25, 0.3) is 0 Å². The molecule has 1 fully saturated rings. The molecule has 2 N–H and O–H groups in total. The number of hydrogen-bond acceptors (Lipinski definition) is 4. The lowest BCUT2D eigenvalue weighted by Gasteiger charge is -2.10. The molecule has 1 saturated heterocycles. The Morgan fingerprint density at radius 2 is 2.21 bits per heavy atom. The van der Waals surface area contributed by atoms with E-state index in [1.165, 1.54) is 0 Å². The van der Waals surface area contributed by atoms with Gasteiger partial charge in [0, 0.05) is 18.2 Å². The van der Waals surface area contributed by atoms with Crippen LogP contribution in [0.3, 0.4) is 0 Å². The summed E-state index contributed by atoms with van der Waals surface area (Å²) >= 11 is 0. The van der Waals surface area contributed by atoms with Gasteiger partial charge in [0.2, 0.25) is 5.91 Å². The standard InChI is InChI=1S/C12H19N3O3S/c1-8-11(9(2)15-14-8)3-4-12(16)13-10-5-6-19(17,18)7-10/h10H,3-7H2,1-2H3,(H,13,16)(H,14,15). The summed E-state index contributed by atoms with van der Waals surface area (Å²) in [6.45, 7) is 3.83. The second-order valence-corrected chi connectivity index (χ2v) is 7.31. The number of aryl methyl sites for hydroxylation is 2. The van der Waals surface area contributed by atoms with Crippen LogP contribution >= 0.6 is 0 Å². The molecule has 1 amide bonds. The number of carbonyl (C=O) groups is 1. The van der Waals surface area contributed by atoms with Gasteiger partial charge in [-0.25, -0.2) is 8.42 Å². The van der Waals surface area contributed by atoms with Gasteiger partial charge in [-0.2, -0.15) is 5.10 Å². The average Bonchev–Trinajstić information content (AvgIpc) is 2.80. The number of hydrogen-bond donors (Lipinski definition) is 2. The molecule has 1 unspecified atom stereocenters. The highest BCUT2D eigenvalue weighted by Gasteiger charge is 2.28. The summed E-state index contributed by atoms with van der Waals surface area (Å²) in [5.74, 6) is 0.155. The zero-order valence-electron chi connectivity index (χ0n) is 11.2. The topological polar surface area (TPSA) is 91.9 Å². The maximum Gasteiger partial charge on any atom is 0.220 e. The largest absolute Gasteiger partial charge is 0.352 e. The molecule has 2 heterocycles. The first-order valence-corrected chi connectivity index (χ1v) is 8.20. The van der Waals surface area contributed by atoms with Crippen LogP contribution in [0.15, 0.2) is 0 Å². The van der Waals surface area contributed by atoms with Crippen molar-refractivity contribution in [1.29, 1.82) is 0 Å². The molecule has 1 aromatic rings. The highest BCUT2D eigenvalue weighted by Crippen LogP contribution is 2.13. The minimum absolute atomic E-state index is 0.0719. The van der Waals surface area contributed by atoms with E-state index in [9.17, 15) is 13.2 Å². The lowest BCUT2D eigenvalue weighted by molar-refractivity contribution is -0.121. The molecule has 2 rings (SSSR count). The Hall–Kier alpha value is -1.37. The third kappa shape index (κ3) is 3.56. The molecule has 0 aromatic carbocycles. The van der Waals surface area contributed by atoms with Crippen LogP contribution in [0.2, 0.25) is 0 Å². The van der Waals surface area contributed by atoms with E-state index in [1.807, 2.05) is 13.8 Å². The first-order valence-electron chi connectivity index (χ1n) is 6.37. The summed E-state index contributed by atoms with van der Waals surface area (Å²) < 4.78 is 22.6. The van der Waals surface area contributed by atoms with Gasteiger partial charge in [-0.3, -0.25) is 9.89 Å². The number of aromatic nitrogens is 2. The number of aromatic amines is 1. The summed E-state index contributed by atoms with van der Waals surface area (Å²) in [5, 5.41) is 9.75. The molecule has 7 heteroatoms. The van der Waals surface area contributed by atoms with Crippen LogP contribution in [0, 0.1) is 13.8 Å². The van der Waals surface area contributed by atoms with Crippen molar-refractivity contribution in [3.05, 3.63) is 17.0 Å². The number of carbonyl (C=O) groups excluding carboxylic acids is 1. The molecule has 19 heavy (non-hydrogen) atoms. The quantitative estimate of drug-likeness (QED) is 0.830. The minimum Gasteiger partial charge on any atom is -0.352 e. The van der Waals surface area contributed by atoms with Crippen LogP contribution < -0.4 is 5.32 Å². The third-order valence-electron chi connectivity index (χ3n) is 3.48. The smallest absolute Gasteiger partial charge is 0.220 e. The maximum atomic E-state index is 11.8. The van der Waals surface area contributed by atoms with E-state index in [-0.39, 0.29) is 23.5 Å². The third-order valence-corrected chi connectivity index (χ3v) is 5.25. The van der Waals surface area contributed by atoms with Crippen molar-refractivity contribution < 1.29 is 13.2 Å². The van der Waals surface area contributed by atoms with Crippen LogP contribution in [0.4, 0.5) is 0 Å². The summed E-state index contributed by atoms with van der Waals surface area (Å²) in [7, 11) is -2.94. The number of amides is 1. The monoisotopic (exact) mass is 285 g/mol. The Labute approximate surface area is 112 Å². The Morgan fingerprint density at radius 3 is 2.74 bits per heavy atom. The predicted molar refractivity (Wildman–Crippen MR) is 71.6 cm³/mol. The predicted octanol–water partition coefficient (Wildman–Crippen LogP) is 0.262. The molecule has 6 nitrogen and oxygen atoms in total. The Balaban J connectivity index is 1.83. The molecule has 0 bridgehead atoms. The van der Waals surface area contributed by atoms with Crippen molar-refractivity contribution in [3.8, 4) is 0 Å². The first-order chi connectivity index (χ1) is 8.87. The summed E-state index contributed by atoms with van der Waals surface area (Å²) in [5.41, 5.74) is 2.96. The van der Waals surface area contributed by atoms with E-state index < -0.39 is 9.84 Å². The van der Waals surface area contributed by atoms with Gasteiger partial charge in [0.1, 0.15) is 0 Å². The van der Waals surface area contributed by atoms with E-state index >= 15 is 0 Å². The van der Waals surface area contributed by atoms with Gasteiger partial charge in [0.15, 0.2) is 9.84 Å². The van der Waals surface area contributed by atoms with Crippen molar-refractivity contribution >= 4 is 15.7 Å².